The number of thiophene rings is 1. The third-order valence-electron chi connectivity index (χ3n) is 3.08. The Kier molecular flexibility index (Phi) is 3.90. The molecule has 1 aromatic carbocycles. The van der Waals surface area contributed by atoms with Gasteiger partial charge >= 0.3 is 0 Å². The summed E-state index contributed by atoms with van der Waals surface area (Å²) in [7, 11) is 1.62. The number of ether oxygens (including phenoxy) is 1. The average molecular weight is 318 g/mol. The molecule has 2 aromatic heterocycles. The molecule has 21 heavy (non-hydrogen) atoms. The number of benzene rings is 1. The molecule has 0 bridgehead atoms. The number of anilines is 1. The molecule has 0 radical (unpaired) electrons. The number of thiazole rings is 1. The molecule has 0 unspecified atom stereocenters. The number of carbonyl (C=O) groups is 1. The number of aryl methyl sites for hydroxylation is 1. The quantitative estimate of drug-likeness (QED) is 0.795. The smallest absolute Gasteiger partial charge is 0.231 e. The number of hydrogen-bond acceptors (Lipinski definition) is 5. The van der Waals surface area contributed by atoms with Gasteiger partial charge in [-0.25, -0.2) is 4.98 Å². The maximum atomic E-state index is 12.0. The van der Waals surface area contributed by atoms with Crippen LogP contribution in [0.1, 0.15) is 10.4 Å². The van der Waals surface area contributed by atoms with E-state index in [0.717, 1.165) is 26.4 Å². The maximum absolute atomic E-state index is 12.0. The van der Waals surface area contributed by atoms with E-state index in [-0.39, 0.29) is 5.91 Å². The fraction of sp³-hybridized carbons (Fsp3) is 0.200. The van der Waals surface area contributed by atoms with E-state index in [4.69, 9.17) is 4.74 Å². The third-order valence-corrected chi connectivity index (χ3v) is 5.07. The lowest BCUT2D eigenvalue weighted by atomic mass is 10.2. The molecule has 0 atom stereocenters. The van der Waals surface area contributed by atoms with Gasteiger partial charge in [0.15, 0.2) is 5.13 Å². The van der Waals surface area contributed by atoms with Crippen molar-refractivity contribution < 1.29 is 9.53 Å². The number of fused-ring (bicyclic) bond motifs is 1. The van der Waals surface area contributed by atoms with Crippen molar-refractivity contribution in [2.75, 3.05) is 12.4 Å². The SMILES string of the molecule is COc1ccc(C)c2sc(NC(=O)Cc3cccs3)nc12. The molecular formula is C15H14N2O2S2. The van der Waals surface area contributed by atoms with Crippen LogP contribution >= 0.6 is 22.7 Å². The first-order valence-electron chi connectivity index (χ1n) is 6.43. The minimum Gasteiger partial charge on any atom is -0.494 e. The largest absolute Gasteiger partial charge is 0.494 e. The second kappa shape index (κ2) is 5.83. The van der Waals surface area contributed by atoms with E-state index < -0.39 is 0 Å². The zero-order chi connectivity index (χ0) is 14.8. The number of aromatic nitrogens is 1. The highest BCUT2D eigenvalue weighted by atomic mass is 32.1. The molecule has 0 aliphatic heterocycles. The highest BCUT2D eigenvalue weighted by molar-refractivity contribution is 7.22. The molecule has 4 nitrogen and oxygen atoms in total. The van der Waals surface area contributed by atoms with E-state index in [1.807, 2.05) is 36.6 Å². The minimum absolute atomic E-state index is 0.0480. The van der Waals surface area contributed by atoms with Crippen LogP contribution in [0.3, 0.4) is 0 Å². The molecule has 0 aliphatic rings. The van der Waals surface area contributed by atoms with Crippen molar-refractivity contribution in [2.45, 2.75) is 13.3 Å². The molecule has 3 aromatic rings. The predicted octanol–water partition coefficient (Wildman–Crippen LogP) is 3.86. The minimum atomic E-state index is -0.0480. The van der Waals surface area contributed by atoms with Crippen molar-refractivity contribution in [2.24, 2.45) is 0 Å². The van der Waals surface area contributed by atoms with Gasteiger partial charge in [-0.1, -0.05) is 23.5 Å². The Morgan fingerprint density at radius 1 is 1.38 bits per heavy atom. The van der Waals surface area contributed by atoms with Gasteiger partial charge in [-0.3, -0.25) is 4.79 Å². The number of rotatable bonds is 4. The van der Waals surface area contributed by atoms with Gasteiger partial charge in [0.05, 0.1) is 18.2 Å². The summed E-state index contributed by atoms with van der Waals surface area (Å²) in [5, 5.41) is 5.44. The highest BCUT2D eigenvalue weighted by Crippen LogP contribution is 2.34. The van der Waals surface area contributed by atoms with Crippen LogP contribution in [-0.2, 0) is 11.2 Å². The van der Waals surface area contributed by atoms with Crippen molar-refractivity contribution in [3.8, 4) is 5.75 Å². The van der Waals surface area contributed by atoms with Crippen molar-refractivity contribution in [3.63, 3.8) is 0 Å². The Morgan fingerprint density at radius 2 is 2.24 bits per heavy atom. The van der Waals surface area contributed by atoms with Crippen LogP contribution in [0.4, 0.5) is 5.13 Å². The summed E-state index contributed by atoms with van der Waals surface area (Å²) >= 11 is 3.05. The van der Waals surface area contributed by atoms with E-state index in [9.17, 15) is 4.79 Å². The fourth-order valence-corrected chi connectivity index (χ4v) is 3.73. The lowest BCUT2D eigenvalue weighted by molar-refractivity contribution is -0.115. The summed E-state index contributed by atoms with van der Waals surface area (Å²) in [6.45, 7) is 2.03. The molecule has 0 spiro atoms. The number of amides is 1. The van der Waals surface area contributed by atoms with Gasteiger partial charge in [-0.15, -0.1) is 11.3 Å². The fourth-order valence-electron chi connectivity index (χ4n) is 2.06. The normalized spacial score (nSPS) is 10.8. The van der Waals surface area contributed by atoms with Crippen LogP contribution in [0.25, 0.3) is 10.2 Å². The highest BCUT2D eigenvalue weighted by Gasteiger charge is 2.13. The summed E-state index contributed by atoms with van der Waals surface area (Å²) in [6.07, 6.45) is 0.379. The standard InChI is InChI=1S/C15H14N2O2S2/c1-9-5-6-11(19-2)13-14(9)21-15(17-13)16-12(18)8-10-4-3-7-20-10/h3-7H,8H2,1-2H3,(H,16,17,18). The molecule has 0 saturated carbocycles. The van der Waals surface area contributed by atoms with E-state index in [0.29, 0.717) is 11.6 Å². The van der Waals surface area contributed by atoms with Crippen molar-refractivity contribution in [1.29, 1.82) is 0 Å². The summed E-state index contributed by atoms with van der Waals surface area (Å²) in [5.41, 5.74) is 1.93. The van der Waals surface area contributed by atoms with Gasteiger partial charge in [0.1, 0.15) is 11.3 Å². The molecule has 3 rings (SSSR count). The first-order chi connectivity index (χ1) is 10.2. The number of nitrogens with zero attached hydrogens (tertiary/aromatic N) is 1. The van der Waals surface area contributed by atoms with Gasteiger partial charge in [0.25, 0.3) is 0 Å². The molecule has 0 aliphatic carbocycles. The topological polar surface area (TPSA) is 51.2 Å². The predicted molar refractivity (Wildman–Crippen MR) is 87.6 cm³/mol. The summed E-state index contributed by atoms with van der Waals surface area (Å²) in [5.74, 6) is 0.679. The number of hydrogen-bond donors (Lipinski definition) is 1. The molecule has 2 heterocycles. The van der Waals surface area contributed by atoms with Gasteiger partial charge in [-0.05, 0) is 30.0 Å². The molecule has 1 amide bonds. The van der Waals surface area contributed by atoms with E-state index in [1.165, 1.54) is 11.3 Å². The van der Waals surface area contributed by atoms with E-state index in [2.05, 4.69) is 10.3 Å². The zero-order valence-electron chi connectivity index (χ0n) is 11.7. The Labute approximate surface area is 130 Å². The number of nitrogens with one attached hydrogen (secondary N) is 1. The van der Waals surface area contributed by atoms with Gasteiger partial charge in [0.2, 0.25) is 5.91 Å². The Balaban J connectivity index is 1.84. The second-order valence-corrected chi connectivity index (χ2v) is 6.62. The van der Waals surface area contributed by atoms with Gasteiger partial charge < -0.3 is 10.1 Å². The number of carbonyl (C=O) groups excluding carboxylic acids is 1. The molecule has 1 N–H and O–H groups in total. The third kappa shape index (κ3) is 2.91. The first kappa shape index (κ1) is 14.0. The summed E-state index contributed by atoms with van der Waals surface area (Å²) in [4.78, 5) is 17.5. The van der Waals surface area contributed by atoms with Crippen molar-refractivity contribution in [1.82, 2.24) is 4.98 Å². The lowest BCUT2D eigenvalue weighted by Crippen LogP contribution is -2.13. The van der Waals surface area contributed by atoms with Crippen molar-refractivity contribution >= 4 is 43.9 Å². The van der Waals surface area contributed by atoms with Crippen LogP contribution in [0.15, 0.2) is 29.6 Å². The Hall–Kier alpha value is -1.92. The van der Waals surface area contributed by atoms with Crippen LogP contribution in [0, 0.1) is 6.92 Å². The Bertz CT molecular complexity index is 778. The summed E-state index contributed by atoms with van der Waals surface area (Å²) < 4.78 is 6.36. The molecule has 108 valence electrons. The summed E-state index contributed by atoms with van der Waals surface area (Å²) in [6, 6.07) is 7.79. The van der Waals surface area contributed by atoms with Gasteiger partial charge in [-0.2, -0.15) is 0 Å². The van der Waals surface area contributed by atoms with E-state index in [1.54, 1.807) is 18.4 Å². The molecule has 0 saturated heterocycles. The molecule has 6 heteroatoms. The van der Waals surface area contributed by atoms with Crippen LogP contribution in [0.5, 0.6) is 5.75 Å². The van der Waals surface area contributed by atoms with Crippen LogP contribution in [-0.4, -0.2) is 18.0 Å². The lowest BCUT2D eigenvalue weighted by Gasteiger charge is -2.01. The second-order valence-electron chi connectivity index (χ2n) is 4.59. The molecular weight excluding hydrogens is 304 g/mol. The monoisotopic (exact) mass is 318 g/mol. The van der Waals surface area contributed by atoms with Crippen LogP contribution in [0.2, 0.25) is 0 Å². The molecule has 0 fully saturated rings. The first-order valence-corrected chi connectivity index (χ1v) is 8.13. The maximum Gasteiger partial charge on any atom is 0.231 e. The van der Waals surface area contributed by atoms with Crippen molar-refractivity contribution in [3.05, 3.63) is 40.1 Å². The average Bonchev–Trinajstić information content (AvgIpc) is 3.09. The van der Waals surface area contributed by atoms with Crippen LogP contribution < -0.4 is 10.1 Å². The number of methoxy groups -OCH3 is 1. The Morgan fingerprint density at radius 3 is 2.95 bits per heavy atom. The van der Waals surface area contributed by atoms with Gasteiger partial charge in [0, 0.05) is 4.88 Å². The van der Waals surface area contributed by atoms with E-state index >= 15 is 0 Å². The zero-order valence-corrected chi connectivity index (χ0v) is 13.3.